The number of nitrogens with zero attached hydrogens (tertiary/aromatic N) is 3. The lowest BCUT2D eigenvalue weighted by Gasteiger charge is -2.39. The first-order valence-corrected chi connectivity index (χ1v) is 12.1. The van der Waals surface area contributed by atoms with Gasteiger partial charge >= 0.3 is 0 Å². The van der Waals surface area contributed by atoms with E-state index in [4.69, 9.17) is 4.98 Å². The quantitative estimate of drug-likeness (QED) is 0.286. The Kier molecular flexibility index (Phi) is 5.96. The van der Waals surface area contributed by atoms with Crippen LogP contribution in [0.5, 0.6) is 0 Å². The molecule has 0 amide bonds. The number of carbonyl (C=O) groups is 1. The molecule has 0 fully saturated rings. The summed E-state index contributed by atoms with van der Waals surface area (Å²) in [5, 5.41) is 1.08. The summed E-state index contributed by atoms with van der Waals surface area (Å²) in [4.78, 5) is 21.9. The van der Waals surface area contributed by atoms with Crippen molar-refractivity contribution in [1.82, 2.24) is 4.98 Å². The highest BCUT2D eigenvalue weighted by atomic mass is 79.9. The molecule has 170 valence electrons. The van der Waals surface area contributed by atoms with Gasteiger partial charge in [0.05, 0.1) is 22.9 Å². The van der Waals surface area contributed by atoms with Crippen LogP contribution in [0.3, 0.4) is 0 Å². The van der Waals surface area contributed by atoms with Gasteiger partial charge in [0, 0.05) is 47.3 Å². The number of pyridine rings is 1. The maximum Gasteiger partial charge on any atom is 0.132 e. The van der Waals surface area contributed by atoms with Crippen LogP contribution in [0.4, 0.5) is 11.4 Å². The maximum absolute atomic E-state index is 12.5. The zero-order valence-electron chi connectivity index (χ0n) is 19.5. The van der Waals surface area contributed by atoms with Crippen molar-refractivity contribution in [2.75, 3.05) is 23.9 Å². The summed E-state index contributed by atoms with van der Waals surface area (Å²) in [6, 6.07) is 27.0. The number of rotatable bonds is 5. The second kappa shape index (κ2) is 9.07. The summed E-state index contributed by atoms with van der Waals surface area (Å²) in [6.45, 7) is 1.66. The van der Waals surface area contributed by atoms with Crippen LogP contribution >= 0.6 is 15.9 Å². The molecular weight excluding hydrogens is 486 g/mol. The number of Topliss-reactive ketones (excluding diaryl/α,β-unsaturated/α-hetero) is 1. The predicted octanol–water partition coefficient (Wildman–Crippen LogP) is 7.10. The van der Waals surface area contributed by atoms with Gasteiger partial charge < -0.3 is 9.80 Å². The molecule has 1 unspecified atom stereocenters. The van der Waals surface area contributed by atoms with Gasteiger partial charge in [-0.15, -0.1) is 0 Å². The van der Waals surface area contributed by atoms with Crippen molar-refractivity contribution < 1.29 is 4.79 Å². The summed E-state index contributed by atoms with van der Waals surface area (Å²) in [5.74, 6) is 0.149. The van der Waals surface area contributed by atoms with Crippen molar-refractivity contribution in [3.8, 4) is 0 Å². The first-order valence-electron chi connectivity index (χ1n) is 11.3. The SMILES string of the molecule is CC(=O)CC1c2cc3ccccc3nc2C=C(c2ccc(N(C)C)cc2)N1c1ccc(Br)cc1. The van der Waals surface area contributed by atoms with Crippen molar-refractivity contribution in [1.29, 1.82) is 0 Å². The normalized spacial score (nSPS) is 15.1. The third-order valence-electron chi connectivity index (χ3n) is 6.25. The van der Waals surface area contributed by atoms with Crippen molar-refractivity contribution >= 4 is 55.8 Å². The molecule has 5 rings (SSSR count). The van der Waals surface area contributed by atoms with E-state index in [9.17, 15) is 4.79 Å². The monoisotopic (exact) mass is 511 g/mol. The molecule has 0 N–H and O–H groups in total. The van der Waals surface area contributed by atoms with E-state index >= 15 is 0 Å². The lowest BCUT2D eigenvalue weighted by Crippen LogP contribution is -2.32. The van der Waals surface area contributed by atoms with Crippen LogP contribution in [0.1, 0.15) is 36.2 Å². The molecule has 0 spiro atoms. The van der Waals surface area contributed by atoms with Crippen molar-refractivity contribution in [2.24, 2.45) is 0 Å². The van der Waals surface area contributed by atoms with Crippen LogP contribution < -0.4 is 9.80 Å². The number of carbonyl (C=O) groups excluding carboxylic acids is 1. The smallest absolute Gasteiger partial charge is 0.132 e. The summed E-state index contributed by atoms with van der Waals surface area (Å²) in [6.07, 6.45) is 2.56. The van der Waals surface area contributed by atoms with E-state index in [1.165, 1.54) is 0 Å². The van der Waals surface area contributed by atoms with Gasteiger partial charge in [-0.05, 0) is 67.1 Å². The molecular formula is C29H26BrN3O. The van der Waals surface area contributed by atoms with Crippen LogP contribution in [0.25, 0.3) is 22.7 Å². The fraction of sp³-hybridized carbons (Fsp3) is 0.172. The largest absolute Gasteiger partial charge is 0.378 e. The number of fused-ring (bicyclic) bond motifs is 2. The topological polar surface area (TPSA) is 36.4 Å². The van der Waals surface area contributed by atoms with Gasteiger partial charge in [-0.2, -0.15) is 0 Å². The first kappa shape index (κ1) is 22.4. The number of halogens is 1. The summed E-state index contributed by atoms with van der Waals surface area (Å²) in [7, 11) is 4.08. The highest BCUT2D eigenvalue weighted by Gasteiger charge is 2.32. The third kappa shape index (κ3) is 4.24. The highest BCUT2D eigenvalue weighted by molar-refractivity contribution is 9.10. The van der Waals surface area contributed by atoms with E-state index in [0.29, 0.717) is 6.42 Å². The molecule has 3 aromatic carbocycles. The molecule has 5 heteroatoms. The number of anilines is 2. The lowest BCUT2D eigenvalue weighted by atomic mass is 9.90. The number of hydrogen-bond donors (Lipinski definition) is 0. The number of benzene rings is 3. The molecule has 1 aliphatic heterocycles. The number of ketones is 1. The minimum Gasteiger partial charge on any atom is -0.378 e. The average Bonchev–Trinajstić information content (AvgIpc) is 2.83. The molecule has 0 radical (unpaired) electrons. The van der Waals surface area contributed by atoms with E-state index in [-0.39, 0.29) is 11.8 Å². The van der Waals surface area contributed by atoms with E-state index in [2.05, 4.69) is 80.3 Å². The first-order chi connectivity index (χ1) is 16.4. The molecule has 1 aromatic heterocycles. The minimum absolute atomic E-state index is 0.149. The average molecular weight is 512 g/mol. The Morgan fingerprint density at radius 1 is 1.00 bits per heavy atom. The van der Waals surface area contributed by atoms with Crippen LogP contribution in [0.15, 0.2) is 83.3 Å². The van der Waals surface area contributed by atoms with E-state index in [0.717, 1.165) is 49.3 Å². The Morgan fingerprint density at radius 3 is 2.38 bits per heavy atom. The molecule has 1 aliphatic rings. The second-order valence-corrected chi connectivity index (χ2v) is 9.81. The van der Waals surface area contributed by atoms with E-state index in [1.54, 1.807) is 6.92 Å². The van der Waals surface area contributed by atoms with Gasteiger partial charge in [-0.1, -0.05) is 46.3 Å². The predicted molar refractivity (Wildman–Crippen MR) is 145 cm³/mol. The fourth-order valence-electron chi connectivity index (χ4n) is 4.58. The molecule has 0 aliphatic carbocycles. The van der Waals surface area contributed by atoms with Crippen LogP contribution in [0.2, 0.25) is 0 Å². The molecule has 0 saturated heterocycles. The Labute approximate surface area is 208 Å². The van der Waals surface area contributed by atoms with Gasteiger partial charge in [-0.25, -0.2) is 4.98 Å². The van der Waals surface area contributed by atoms with Crippen LogP contribution in [-0.2, 0) is 4.79 Å². The summed E-state index contributed by atoms with van der Waals surface area (Å²) >= 11 is 3.56. The van der Waals surface area contributed by atoms with Crippen molar-refractivity contribution in [2.45, 2.75) is 19.4 Å². The van der Waals surface area contributed by atoms with E-state index in [1.807, 2.05) is 44.4 Å². The zero-order valence-corrected chi connectivity index (χ0v) is 21.1. The van der Waals surface area contributed by atoms with Crippen molar-refractivity contribution in [3.63, 3.8) is 0 Å². The highest BCUT2D eigenvalue weighted by Crippen LogP contribution is 2.44. The Balaban J connectivity index is 1.75. The van der Waals surface area contributed by atoms with Gasteiger partial charge in [0.2, 0.25) is 0 Å². The molecule has 0 bridgehead atoms. The third-order valence-corrected chi connectivity index (χ3v) is 6.78. The molecule has 1 atom stereocenters. The van der Waals surface area contributed by atoms with Gasteiger partial charge in [0.25, 0.3) is 0 Å². The number of hydrogen-bond acceptors (Lipinski definition) is 4. The van der Waals surface area contributed by atoms with Gasteiger partial charge in [-0.3, -0.25) is 4.79 Å². The summed E-state index contributed by atoms with van der Waals surface area (Å²) < 4.78 is 1.02. The molecule has 0 saturated carbocycles. The molecule has 34 heavy (non-hydrogen) atoms. The molecule has 4 nitrogen and oxygen atoms in total. The van der Waals surface area contributed by atoms with Gasteiger partial charge in [0.15, 0.2) is 0 Å². The standard InChI is InChI=1S/C29H26BrN3O/c1-19(34)16-29-25-17-21-6-4-5-7-26(21)31-27(25)18-28(20-8-12-23(13-9-20)32(2)3)33(29)24-14-10-22(30)11-15-24/h4-15,17-18,29H,16H2,1-3H3. The second-order valence-electron chi connectivity index (χ2n) is 8.89. The Bertz CT molecular complexity index is 1390. The zero-order chi connectivity index (χ0) is 23.8. The van der Waals surface area contributed by atoms with Crippen molar-refractivity contribution in [3.05, 3.63) is 100 Å². The fourth-order valence-corrected chi connectivity index (χ4v) is 4.85. The maximum atomic E-state index is 12.5. The summed E-state index contributed by atoms with van der Waals surface area (Å²) in [5.41, 5.74) is 7.25. The van der Waals surface area contributed by atoms with Crippen LogP contribution in [0, 0.1) is 0 Å². The van der Waals surface area contributed by atoms with Crippen LogP contribution in [-0.4, -0.2) is 24.9 Å². The lowest BCUT2D eigenvalue weighted by molar-refractivity contribution is -0.117. The molecule has 2 heterocycles. The number of aromatic nitrogens is 1. The van der Waals surface area contributed by atoms with E-state index < -0.39 is 0 Å². The minimum atomic E-state index is -0.153. The Morgan fingerprint density at radius 2 is 1.71 bits per heavy atom. The van der Waals surface area contributed by atoms with Gasteiger partial charge in [0.1, 0.15) is 5.78 Å². The molecule has 4 aromatic rings. The number of para-hydroxylation sites is 1. The Hall–Kier alpha value is -3.44.